The van der Waals surface area contributed by atoms with Gasteiger partial charge in [0, 0.05) is 11.0 Å². The lowest BCUT2D eigenvalue weighted by Gasteiger charge is -2.13. The summed E-state index contributed by atoms with van der Waals surface area (Å²) in [6.07, 6.45) is 1.80. The molecule has 24 heavy (non-hydrogen) atoms. The summed E-state index contributed by atoms with van der Waals surface area (Å²) < 4.78 is 33.8. The van der Waals surface area contributed by atoms with E-state index < -0.39 is 34.8 Å². The molecule has 2 unspecified atom stereocenters. The third kappa shape index (κ3) is 3.55. The summed E-state index contributed by atoms with van der Waals surface area (Å²) >= 11 is 0. The minimum atomic E-state index is -2.80. The van der Waals surface area contributed by atoms with Gasteiger partial charge in [-0.15, -0.1) is 14.3 Å². The molecule has 1 aliphatic heterocycles. The molecule has 0 radical (unpaired) electrons. The Balaban J connectivity index is 1.84. The quantitative estimate of drug-likeness (QED) is 0.498. The second-order valence-corrected chi connectivity index (χ2v) is 6.53. The molecule has 2 aromatic rings. The largest absolute Gasteiger partial charge is 0.694 e. The molecule has 0 bridgehead atoms. The highest BCUT2D eigenvalue weighted by molar-refractivity contribution is 7.35. The molecule has 0 saturated carbocycles. The number of hydrogen-bond acceptors (Lipinski definition) is 8. The van der Waals surface area contributed by atoms with Crippen molar-refractivity contribution in [2.75, 3.05) is 12.3 Å². The molecule has 128 valence electrons. The highest BCUT2D eigenvalue weighted by Gasteiger charge is 2.42. The van der Waals surface area contributed by atoms with Gasteiger partial charge in [-0.1, -0.05) is 5.09 Å². The van der Waals surface area contributed by atoms with Crippen molar-refractivity contribution in [3.63, 3.8) is 0 Å². The first-order valence-corrected chi connectivity index (χ1v) is 9.09. The Labute approximate surface area is 136 Å². The molecular formula is C10H14N6O6P2+2. The van der Waals surface area contributed by atoms with E-state index >= 15 is 0 Å². The van der Waals surface area contributed by atoms with Gasteiger partial charge in [0.1, 0.15) is 30.8 Å². The molecule has 0 amide bonds. The molecule has 1 saturated heterocycles. The molecule has 5 atom stereocenters. The number of ether oxygens (including phenoxy) is 1. The second kappa shape index (κ2) is 7.08. The molecule has 2 aromatic heterocycles. The van der Waals surface area contributed by atoms with Crippen molar-refractivity contribution in [3.8, 4) is 0 Å². The molecule has 12 nitrogen and oxygen atoms in total. The van der Waals surface area contributed by atoms with Crippen molar-refractivity contribution in [3.05, 3.63) is 12.7 Å². The number of anilines is 1. The summed E-state index contributed by atoms with van der Waals surface area (Å²) in [5, 5.41) is 2.46. The summed E-state index contributed by atoms with van der Waals surface area (Å²) in [5.41, 5.74) is 6.60. The zero-order chi connectivity index (χ0) is 17.3. The van der Waals surface area contributed by atoms with E-state index in [0.717, 1.165) is 0 Å². The standard InChI is InChI=1S/C10H12N6O6P2/c11-9-8-10(13-3-12-9)16(4-14-8)7-1-5(15-23(17)18)6(22-7)2-21-24(19)20/h3-7H,1-2H2,(H3-2,11,12,13,15,17,18,19,20)/p+2/t5-,6+,7+/m0/s1. The molecular weight excluding hydrogens is 362 g/mol. The van der Waals surface area contributed by atoms with Crippen LogP contribution in [-0.4, -0.2) is 48.1 Å². The number of nitrogens with one attached hydrogen (secondary N) is 1. The minimum Gasteiger partial charge on any atom is -0.382 e. The Bertz CT molecular complexity index is 786. The van der Waals surface area contributed by atoms with Crippen LogP contribution < -0.4 is 10.8 Å². The summed E-state index contributed by atoms with van der Waals surface area (Å²) in [5.74, 6) is 0.224. The summed E-state index contributed by atoms with van der Waals surface area (Å²) in [7, 11) is -5.42. The van der Waals surface area contributed by atoms with Crippen molar-refractivity contribution in [2.45, 2.75) is 24.8 Å². The van der Waals surface area contributed by atoms with E-state index in [4.69, 9.17) is 20.3 Å². The molecule has 0 aromatic carbocycles. The first-order chi connectivity index (χ1) is 11.5. The highest BCUT2D eigenvalue weighted by Crippen LogP contribution is 2.34. The Hall–Kier alpha value is -1.65. The number of aromatic nitrogens is 4. The van der Waals surface area contributed by atoms with Crippen molar-refractivity contribution in [1.82, 2.24) is 24.6 Å². The van der Waals surface area contributed by atoms with Crippen molar-refractivity contribution >= 4 is 33.4 Å². The Morgan fingerprint density at radius 1 is 1.42 bits per heavy atom. The normalized spacial score (nSPS) is 25.2. The lowest BCUT2D eigenvalue weighted by atomic mass is 10.1. The first-order valence-electron chi connectivity index (χ1n) is 6.75. The monoisotopic (exact) mass is 376 g/mol. The average molecular weight is 376 g/mol. The SMILES string of the molecule is Nc1ncnc2c1ncn2[C@H]1C[C@H](N[P+](=O)O)[C@@H](CO[P+](=O)O)O1. The maximum absolute atomic E-state index is 11.1. The molecule has 0 spiro atoms. The first kappa shape index (κ1) is 17.2. The lowest BCUT2D eigenvalue weighted by molar-refractivity contribution is -0.0197. The fourth-order valence-electron chi connectivity index (χ4n) is 2.55. The molecule has 14 heteroatoms. The number of nitrogens with zero attached hydrogens (tertiary/aromatic N) is 4. The van der Waals surface area contributed by atoms with Gasteiger partial charge in [0.2, 0.25) is 0 Å². The zero-order valence-corrected chi connectivity index (χ0v) is 13.9. The van der Waals surface area contributed by atoms with Gasteiger partial charge in [-0.25, -0.2) is 15.0 Å². The van der Waals surface area contributed by atoms with Gasteiger partial charge in [-0.3, -0.25) is 4.57 Å². The number of rotatable bonds is 6. The molecule has 0 aliphatic carbocycles. The van der Waals surface area contributed by atoms with Gasteiger partial charge >= 0.3 is 16.4 Å². The van der Waals surface area contributed by atoms with Crippen LogP contribution in [0.4, 0.5) is 5.82 Å². The number of imidazole rings is 1. The fourth-order valence-corrected chi connectivity index (χ4v) is 3.38. The highest BCUT2D eigenvalue weighted by atomic mass is 31.1. The van der Waals surface area contributed by atoms with Gasteiger partial charge in [0.25, 0.3) is 0 Å². The second-order valence-electron chi connectivity index (χ2n) is 4.99. The minimum absolute atomic E-state index is 0.215. The van der Waals surface area contributed by atoms with Crippen LogP contribution in [0.1, 0.15) is 12.6 Å². The van der Waals surface area contributed by atoms with Crippen LogP contribution in [0.3, 0.4) is 0 Å². The van der Waals surface area contributed by atoms with Crippen LogP contribution in [0.15, 0.2) is 12.7 Å². The maximum atomic E-state index is 11.1. The molecule has 1 fully saturated rings. The number of nitrogens with two attached hydrogens (primary N) is 1. The molecule has 3 heterocycles. The van der Waals surface area contributed by atoms with E-state index in [9.17, 15) is 9.13 Å². The van der Waals surface area contributed by atoms with Crippen LogP contribution >= 0.6 is 16.4 Å². The Morgan fingerprint density at radius 2 is 2.21 bits per heavy atom. The molecule has 3 rings (SSSR count). The maximum Gasteiger partial charge on any atom is 0.694 e. The number of nitrogen functional groups attached to an aromatic ring is 1. The van der Waals surface area contributed by atoms with Gasteiger partial charge in [0.15, 0.2) is 11.5 Å². The third-order valence-electron chi connectivity index (χ3n) is 3.56. The van der Waals surface area contributed by atoms with Gasteiger partial charge < -0.3 is 10.5 Å². The lowest BCUT2D eigenvalue weighted by Crippen LogP contribution is -2.34. The number of fused-ring (bicyclic) bond motifs is 1. The predicted molar refractivity (Wildman–Crippen MR) is 80.8 cm³/mol. The van der Waals surface area contributed by atoms with E-state index in [-0.39, 0.29) is 12.4 Å². The summed E-state index contributed by atoms with van der Waals surface area (Å²) in [6, 6.07) is -0.560. The molecule has 5 N–H and O–H groups in total. The summed E-state index contributed by atoms with van der Waals surface area (Å²) in [6.45, 7) is -0.215. The summed E-state index contributed by atoms with van der Waals surface area (Å²) in [4.78, 5) is 29.9. The van der Waals surface area contributed by atoms with E-state index in [1.807, 2.05) is 0 Å². The van der Waals surface area contributed by atoms with Crippen molar-refractivity contribution in [1.29, 1.82) is 0 Å². The van der Waals surface area contributed by atoms with Gasteiger partial charge in [-0.2, -0.15) is 0 Å². The van der Waals surface area contributed by atoms with Crippen LogP contribution in [0.25, 0.3) is 11.2 Å². The van der Waals surface area contributed by atoms with E-state index in [0.29, 0.717) is 17.6 Å². The van der Waals surface area contributed by atoms with E-state index in [1.165, 1.54) is 12.7 Å². The predicted octanol–water partition coefficient (Wildman–Crippen LogP) is -0.0298. The average Bonchev–Trinajstić information content (AvgIpc) is 3.09. The van der Waals surface area contributed by atoms with Crippen LogP contribution in [0, 0.1) is 0 Å². The fraction of sp³-hybridized carbons (Fsp3) is 0.500. The Morgan fingerprint density at radius 3 is 2.92 bits per heavy atom. The van der Waals surface area contributed by atoms with Crippen molar-refractivity contribution < 1.29 is 28.2 Å². The topological polar surface area (TPSA) is 175 Å². The van der Waals surface area contributed by atoms with Crippen LogP contribution in [0.5, 0.6) is 0 Å². The van der Waals surface area contributed by atoms with Gasteiger partial charge in [0.05, 0.1) is 12.4 Å². The zero-order valence-electron chi connectivity index (χ0n) is 12.1. The smallest absolute Gasteiger partial charge is 0.382 e. The van der Waals surface area contributed by atoms with Gasteiger partial charge in [-0.05, 0) is 4.57 Å². The van der Waals surface area contributed by atoms with Crippen LogP contribution in [-0.2, 0) is 18.4 Å². The number of hydrogen-bond donors (Lipinski definition) is 4. The molecule has 1 aliphatic rings. The Kier molecular flexibility index (Phi) is 5.07. The third-order valence-corrected chi connectivity index (χ3v) is 4.48. The van der Waals surface area contributed by atoms with E-state index in [2.05, 4.69) is 24.6 Å². The van der Waals surface area contributed by atoms with Crippen molar-refractivity contribution in [2.24, 2.45) is 0 Å². The van der Waals surface area contributed by atoms with E-state index in [1.54, 1.807) is 4.57 Å². The van der Waals surface area contributed by atoms with Crippen LogP contribution in [0.2, 0.25) is 0 Å².